The number of amides is 2. The number of benzene rings is 1. The van der Waals surface area contributed by atoms with Crippen LogP contribution in [0.1, 0.15) is 61.3 Å². The Bertz CT molecular complexity index is 858. The van der Waals surface area contributed by atoms with Gasteiger partial charge in [-0.3, -0.25) is 14.5 Å². The van der Waals surface area contributed by atoms with Gasteiger partial charge in [-0.2, -0.15) is 0 Å². The molecule has 3 unspecified atom stereocenters. The van der Waals surface area contributed by atoms with Crippen LogP contribution in [0.15, 0.2) is 60.2 Å². The summed E-state index contributed by atoms with van der Waals surface area (Å²) < 4.78 is 5.50. The summed E-state index contributed by atoms with van der Waals surface area (Å²) in [4.78, 5) is 27.7. The molecule has 3 atom stereocenters. The number of rotatable bonds is 4. The molecule has 4 heteroatoms. The lowest BCUT2D eigenvalue weighted by Gasteiger charge is -2.32. The highest BCUT2D eigenvalue weighted by atomic mass is 16.5. The maximum atomic E-state index is 13.1. The molecule has 2 aliphatic rings. The van der Waals surface area contributed by atoms with Gasteiger partial charge in [-0.25, -0.2) is 0 Å². The molecule has 0 saturated heterocycles. The monoisotopic (exact) mass is 393 g/mol. The minimum Gasteiger partial charge on any atom is -0.378 e. The van der Waals surface area contributed by atoms with E-state index >= 15 is 0 Å². The van der Waals surface area contributed by atoms with Crippen molar-refractivity contribution < 1.29 is 14.3 Å². The van der Waals surface area contributed by atoms with Gasteiger partial charge in [0, 0.05) is 13.2 Å². The Hall–Kier alpha value is -2.46. The second-order valence-corrected chi connectivity index (χ2v) is 8.81. The summed E-state index contributed by atoms with van der Waals surface area (Å²) in [5, 5.41) is 0. The van der Waals surface area contributed by atoms with E-state index in [0.717, 1.165) is 12.0 Å². The lowest BCUT2D eigenvalue weighted by molar-refractivity contribution is 0.0521. The average Bonchev–Trinajstić information content (AvgIpc) is 2.88. The predicted octanol–water partition coefficient (Wildman–Crippen LogP) is 5.18. The highest BCUT2D eigenvalue weighted by molar-refractivity contribution is 6.21. The Kier molecular flexibility index (Phi) is 5.95. The Morgan fingerprint density at radius 3 is 2.31 bits per heavy atom. The van der Waals surface area contributed by atoms with E-state index < -0.39 is 0 Å². The minimum absolute atomic E-state index is 0.0244. The molecule has 154 valence electrons. The van der Waals surface area contributed by atoms with Crippen LogP contribution in [-0.4, -0.2) is 36.0 Å². The van der Waals surface area contributed by atoms with Crippen molar-refractivity contribution in [2.24, 2.45) is 11.3 Å². The number of nitrogens with zero attached hydrogens (tertiary/aromatic N) is 1. The van der Waals surface area contributed by atoms with E-state index in [0.29, 0.717) is 17.5 Å². The fraction of sp³-hybridized carbons (Fsp3) is 0.440. The van der Waals surface area contributed by atoms with Gasteiger partial charge in [0.05, 0.1) is 17.2 Å². The first kappa shape index (κ1) is 21.3. The SMILES string of the molecule is C=C/C=C1/CC(N2C(=O)c3ccccc3C2=O)C(C)CC(C)(C)/C1=C/C(C)OC. The first-order valence-corrected chi connectivity index (χ1v) is 10.2. The lowest BCUT2D eigenvalue weighted by Crippen LogP contribution is -2.43. The summed E-state index contributed by atoms with van der Waals surface area (Å²) in [5.74, 6) is -0.212. The molecule has 3 rings (SSSR count). The first-order chi connectivity index (χ1) is 13.7. The lowest BCUT2D eigenvalue weighted by atomic mass is 9.75. The zero-order chi connectivity index (χ0) is 21.3. The van der Waals surface area contributed by atoms with Crippen LogP contribution in [-0.2, 0) is 4.74 Å². The maximum absolute atomic E-state index is 13.1. The molecule has 2 amide bonds. The number of carbonyl (C=O) groups is 2. The number of imide groups is 1. The van der Waals surface area contributed by atoms with Crippen LogP contribution in [0, 0.1) is 11.3 Å². The third-order valence-electron chi connectivity index (χ3n) is 6.24. The molecule has 1 aliphatic heterocycles. The van der Waals surface area contributed by atoms with E-state index in [-0.39, 0.29) is 35.3 Å². The second-order valence-electron chi connectivity index (χ2n) is 8.81. The largest absolute Gasteiger partial charge is 0.378 e. The summed E-state index contributed by atoms with van der Waals surface area (Å²) in [7, 11) is 1.70. The topological polar surface area (TPSA) is 46.6 Å². The van der Waals surface area contributed by atoms with Crippen LogP contribution in [0.5, 0.6) is 0 Å². The van der Waals surface area contributed by atoms with Gasteiger partial charge in [-0.05, 0) is 54.4 Å². The first-order valence-electron chi connectivity index (χ1n) is 10.2. The highest BCUT2D eigenvalue weighted by Crippen LogP contribution is 2.46. The van der Waals surface area contributed by atoms with Crippen LogP contribution in [0.3, 0.4) is 0 Å². The van der Waals surface area contributed by atoms with Crippen molar-refractivity contribution in [3.63, 3.8) is 0 Å². The number of hydrogen-bond donors (Lipinski definition) is 0. The molecule has 1 aromatic rings. The van der Waals surface area contributed by atoms with Crippen LogP contribution < -0.4 is 0 Å². The summed E-state index contributed by atoms with van der Waals surface area (Å²) in [6, 6.07) is 6.91. The van der Waals surface area contributed by atoms with Crippen molar-refractivity contribution >= 4 is 11.8 Å². The van der Waals surface area contributed by atoms with Gasteiger partial charge in [0.1, 0.15) is 0 Å². The van der Waals surface area contributed by atoms with Crippen molar-refractivity contribution in [3.05, 3.63) is 71.3 Å². The number of methoxy groups -OCH3 is 1. The number of ether oxygens (including phenoxy) is 1. The summed E-state index contributed by atoms with van der Waals surface area (Å²) in [6.07, 6.45) is 7.41. The van der Waals surface area contributed by atoms with E-state index in [1.54, 1.807) is 25.3 Å². The Morgan fingerprint density at radius 1 is 1.21 bits per heavy atom. The molecule has 0 bridgehead atoms. The Labute approximate surface area is 173 Å². The molecule has 0 aromatic heterocycles. The van der Waals surface area contributed by atoms with E-state index in [2.05, 4.69) is 33.4 Å². The van der Waals surface area contributed by atoms with Gasteiger partial charge in [-0.15, -0.1) is 0 Å². The molecular formula is C25H31NO3. The van der Waals surface area contributed by atoms with Crippen molar-refractivity contribution in [1.29, 1.82) is 0 Å². The van der Waals surface area contributed by atoms with Crippen LogP contribution in [0.2, 0.25) is 0 Å². The molecule has 29 heavy (non-hydrogen) atoms. The molecule has 1 heterocycles. The molecule has 1 aliphatic carbocycles. The number of hydrogen-bond acceptors (Lipinski definition) is 3. The molecule has 4 nitrogen and oxygen atoms in total. The molecule has 0 radical (unpaired) electrons. The standard InChI is InChI=1S/C25H31NO3/c1-7-10-18-14-22(16(2)15-25(4,5)21(18)13-17(3)29-6)26-23(27)19-11-8-9-12-20(19)24(26)28/h7-13,16-17,22H,1,14-15H2,2-6H3/b18-10-,21-13+. The quantitative estimate of drug-likeness (QED) is 0.523. The van der Waals surface area contributed by atoms with Crippen LogP contribution in [0.25, 0.3) is 0 Å². The zero-order valence-electron chi connectivity index (χ0n) is 18.1. The third kappa shape index (κ3) is 3.86. The highest BCUT2D eigenvalue weighted by Gasteiger charge is 2.45. The smallest absolute Gasteiger partial charge is 0.261 e. The van der Waals surface area contributed by atoms with E-state index in [1.807, 2.05) is 25.1 Å². The van der Waals surface area contributed by atoms with Crippen molar-refractivity contribution in [3.8, 4) is 0 Å². The molecule has 1 saturated carbocycles. The zero-order valence-corrected chi connectivity index (χ0v) is 18.1. The fourth-order valence-corrected chi connectivity index (χ4v) is 4.81. The molecule has 1 fully saturated rings. The van der Waals surface area contributed by atoms with E-state index in [9.17, 15) is 9.59 Å². The van der Waals surface area contributed by atoms with Gasteiger partial charge in [0.15, 0.2) is 0 Å². The molecule has 0 spiro atoms. The molecular weight excluding hydrogens is 362 g/mol. The van der Waals surface area contributed by atoms with Crippen LogP contribution >= 0.6 is 0 Å². The van der Waals surface area contributed by atoms with Crippen molar-refractivity contribution in [2.45, 2.75) is 52.7 Å². The second kappa shape index (κ2) is 8.11. The van der Waals surface area contributed by atoms with Crippen molar-refractivity contribution in [1.82, 2.24) is 4.90 Å². The summed E-state index contributed by atoms with van der Waals surface area (Å²) >= 11 is 0. The molecule has 1 aromatic carbocycles. The average molecular weight is 394 g/mol. The van der Waals surface area contributed by atoms with Crippen molar-refractivity contribution in [2.75, 3.05) is 7.11 Å². The van der Waals surface area contributed by atoms with Gasteiger partial charge < -0.3 is 4.74 Å². The van der Waals surface area contributed by atoms with E-state index in [4.69, 9.17) is 4.74 Å². The predicted molar refractivity (Wildman–Crippen MR) is 116 cm³/mol. The molecule has 0 N–H and O–H groups in total. The summed E-state index contributed by atoms with van der Waals surface area (Å²) in [5.41, 5.74) is 3.21. The van der Waals surface area contributed by atoms with E-state index in [1.165, 1.54) is 10.5 Å². The van der Waals surface area contributed by atoms with Gasteiger partial charge >= 0.3 is 0 Å². The fourth-order valence-electron chi connectivity index (χ4n) is 4.81. The Balaban J connectivity index is 2.06. The normalized spacial score (nSPS) is 27.8. The van der Waals surface area contributed by atoms with Crippen LogP contribution in [0.4, 0.5) is 0 Å². The maximum Gasteiger partial charge on any atom is 0.261 e. The third-order valence-corrected chi connectivity index (χ3v) is 6.24. The van der Waals surface area contributed by atoms with Gasteiger partial charge in [0.2, 0.25) is 0 Å². The van der Waals surface area contributed by atoms with Gasteiger partial charge in [0.25, 0.3) is 11.8 Å². The number of fused-ring (bicyclic) bond motifs is 1. The Morgan fingerprint density at radius 2 is 1.79 bits per heavy atom. The minimum atomic E-state index is -0.198. The number of carbonyl (C=O) groups excluding carboxylic acids is 2. The number of allylic oxidation sites excluding steroid dienone is 3. The summed E-state index contributed by atoms with van der Waals surface area (Å²) in [6.45, 7) is 12.5. The van der Waals surface area contributed by atoms with Gasteiger partial charge in [-0.1, -0.05) is 57.7 Å².